The Morgan fingerprint density at radius 1 is 1.24 bits per heavy atom. The number of hydrogen-bond donors (Lipinski definition) is 2. The number of anilines is 2. The highest BCUT2D eigenvalue weighted by Gasteiger charge is 2.25. The van der Waals surface area contributed by atoms with Crippen molar-refractivity contribution in [1.82, 2.24) is 0 Å². The van der Waals surface area contributed by atoms with Crippen LogP contribution in [-0.2, 0) is 11.3 Å². The zero-order chi connectivity index (χ0) is 21.6. The van der Waals surface area contributed by atoms with Gasteiger partial charge in [0.15, 0.2) is 6.04 Å². The van der Waals surface area contributed by atoms with Crippen molar-refractivity contribution in [2.45, 2.75) is 26.4 Å². The second kappa shape index (κ2) is 9.88. The van der Waals surface area contributed by atoms with Crippen LogP contribution in [0, 0.1) is 10.1 Å². The summed E-state index contributed by atoms with van der Waals surface area (Å²) in [7, 11) is 5.45. The molecule has 0 radical (unpaired) electrons. The number of carbonyl (C=O) groups excluding carboxylic acids is 1. The number of rotatable bonds is 9. The molecule has 29 heavy (non-hydrogen) atoms. The number of hydrogen-bond acceptors (Lipinski definition) is 5. The Hall–Kier alpha value is -3.13. The van der Waals surface area contributed by atoms with Crippen LogP contribution in [0.5, 0.6) is 5.75 Å². The molecule has 0 aliphatic heterocycles. The maximum atomic E-state index is 12.8. The molecule has 0 aromatic heterocycles. The highest BCUT2D eigenvalue weighted by molar-refractivity contribution is 5.95. The van der Waals surface area contributed by atoms with Crippen molar-refractivity contribution in [3.8, 4) is 5.75 Å². The Morgan fingerprint density at radius 2 is 1.90 bits per heavy atom. The summed E-state index contributed by atoms with van der Waals surface area (Å²) >= 11 is 0. The molecule has 156 valence electrons. The summed E-state index contributed by atoms with van der Waals surface area (Å²) in [5.41, 5.74) is 2.45. The van der Waals surface area contributed by atoms with Crippen molar-refractivity contribution in [2.75, 3.05) is 38.0 Å². The smallest absolute Gasteiger partial charge is 0.282 e. The van der Waals surface area contributed by atoms with Crippen LogP contribution in [0.15, 0.2) is 42.5 Å². The largest absolute Gasteiger partial charge is 0.495 e. The van der Waals surface area contributed by atoms with Crippen LogP contribution < -0.4 is 19.9 Å². The number of methoxy groups -OCH3 is 1. The van der Waals surface area contributed by atoms with Gasteiger partial charge in [0.2, 0.25) is 0 Å². The molecule has 0 saturated carbocycles. The average molecular weight is 401 g/mol. The minimum atomic E-state index is -0.500. The molecule has 0 heterocycles. The molecule has 0 spiro atoms. The first-order chi connectivity index (χ1) is 13.8. The number of carbonyl (C=O) groups is 1. The van der Waals surface area contributed by atoms with Gasteiger partial charge in [0.1, 0.15) is 12.3 Å². The molecule has 8 nitrogen and oxygen atoms in total. The van der Waals surface area contributed by atoms with Crippen LogP contribution in [-0.4, -0.2) is 44.6 Å². The average Bonchev–Trinajstić information content (AvgIpc) is 2.71. The third-order valence-electron chi connectivity index (χ3n) is 5.00. The molecule has 2 aromatic rings. The van der Waals surface area contributed by atoms with E-state index in [1.54, 1.807) is 0 Å². The van der Waals surface area contributed by atoms with Crippen LogP contribution in [0.3, 0.4) is 0 Å². The van der Waals surface area contributed by atoms with Crippen molar-refractivity contribution >= 4 is 23.0 Å². The molecular weight excluding hydrogens is 372 g/mol. The minimum absolute atomic E-state index is 0.102. The quantitative estimate of drug-likeness (QED) is 0.496. The second-order valence-electron chi connectivity index (χ2n) is 7.10. The first-order valence-electron chi connectivity index (χ1n) is 9.51. The lowest BCUT2D eigenvalue weighted by atomic mass is 10.1. The molecule has 1 amide bonds. The van der Waals surface area contributed by atoms with E-state index in [4.69, 9.17) is 4.74 Å². The standard InChI is InChI=1S/C21H28N4O4/c1-6-24(14-16-7-9-17(10-8-16)23(3)4)15(2)21(26)22-19-13-18(25(27)28)11-12-20(19)29-5/h7-13,15H,6,14H2,1-5H3,(H,22,26)/p+1/t15-/m0/s1. The van der Waals surface area contributed by atoms with Crippen LogP contribution in [0.4, 0.5) is 17.1 Å². The van der Waals surface area contributed by atoms with E-state index in [1.165, 1.54) is 25.3 Å². The van der Waals surface area contributed by atoms with Crippen LogP contribution in [0.25, 0.3) is 0 Å². The first kappa shape index (κ1) is 22.2. The van der Waals surface area contributed by atoms with Gasteiger partial charge in [0.25, 0.3) is 11.6 Å². The van der Waals surface area contributed by atoms with E-state index in [9.17, 15) is 14.9 Å². The monoisotopic (exact) mass is 401 g/mol. The SMILES string of the molecule is CC[NH+](Cc1ccc(N(C)C)cc1)[C@@H](C)C(=O)Nc1cc([N+](=O)[O-])ccc1OC. The summed E-state index contributed by atoms with van der Waals surface area (Å²) in [5, 5.41) is 13.8. The van der Waals surface area contributed by atoms with Crippen LogP contribution in [0.2, 0.25) is 0 Å². The summed E-state index contributed by atoms with van der Waals surface area (Å²) in [6.07, 6.45) is 0. The molecule has 2 N–H and O–H groups in total. The molecule has 2 aromatic carbocycles. The third kappa shape index (κ3) is 5.68. The van der Waals surface area contributed by atoms with Gasteiger partial charge >= 0.3 is 0 Å². The van der Waals surface area contributed by atoms with E-state index in [-0.39, 0.29) is 17.6 Å². The fourth-order valence-electron chi connectivity index (χ4n) is 3.09. The predicted molar refractivity (Wildman–Crippen MR) is 114 cm³/mol. The normalized spacial score (nSPS) is 12.7. The number of nitro groups is 1. The van der Waals surface area contributed by atoms with Gasteiger partial charge in [-0.25, -0.2) is 0 Å². The Kier molecular flexibility index (Phi) is 7.55. The van der Waals surface area contributed by atoms with Crippen molar-refractivity contribution in [1.29, 1.82) is 0 Å². The number of likely N-dealkylation sites (N-methyl/N-ethyl adjacent to an activating group) is 1. The lowest BCUT2D eigenvalue weighted by molar-refractivity contribution is -0.925. The number of amides is 1. The summed E-state index contributed by atoms with van der Waals surface area (Å²) < 4.78 is 5.23. The summed E-state index contributed by atoms with van der Waals surface area (Å²) in [6.45, 7) is 5.34. The maximum absolute atomic E-state index is 12.8. The maximum Gasteiger partial charge on any atom is 0.282 e. The molecule has 0 fully saturated rings. The van der Waals surface area contributed by atoms with E-state index in [0.717, 1.165) is 22.7 Å². The van der Waals surface area contributed by atoms with Gasteiger partial charge < -0.3 is 19.9 Å². The van der Waals surface area contributed by atoms with Gasteiger partial charge in [0, 0.05) is 37.5 Å². The Morgan fingerprint density at radius 3 is 2.41 bits per heavy atom. The number of quaternary nitrogens is 1. The molecule has 0 saturated heterocycles. The molecule has 2 atom stereocenters. The zero-order valence-electron chi connectivity index (χ0n) is 17.6. The third-order valence-corrected chi connectivity index (χ3v) is 5.00. The van der Waals surface area contributed by atoms with Gasteiger partial charge in [-0.05, 0) is 32.0 Å². The van der Waals surface area contributed by atoms with E-state index in [1.807, 2.05) is 32.8 Å². The number of non-ortho nitro benzene ring substituents is 1. The second-order valence-corrected chi connectivity index (χ2v) is 7.10. The number of nitro benzene ring substituents is 1. The lowest BCUT2D eigenvalue weighted by Crippen LogP contribution is -3.15. The van der Waals surface area contributed by atoms with Crippen molar-refractivity contribution in [2.24, 2.45) is 0 Å². The summed E-state index contributed by atoms with van der Waals surface area (Å²) in [6, 6.07) is 12.0. The number of benzene rings is 2. The summed E-state index contributed by atoms with van der Waals surface area (Å²) in [5.74, 6) is 0.166. The van der Waals surface area contributed by atoms with Gasteiger partial charge in [-0.15, -0.1) is 0 Å². The fourth-order valence-corrected chi connectivity index (χ4v) is 3.09. The van der Waals surface area contributed by atoms with Crippen LogP contribution in [0.1, 0.15) is 19.4 Å². The Balaban J connectivity index is 2.13. The highest BCUT2D eigenvalue weighted by atomic mass is 16.6. The van der Waals surface area contributed by atoms with E-state index in [2.05, 4.69) is 29.6 Å². The first-order valence-corrected chi connectivity index (χ1v) is 9.51. The molecule has 2 rings (SSSR count). The molecule has 0 bridgehead atoms. The molecule has 0 aliphatic rings. The Labute approximate surface area is 171 Å². The predicted octanol–water partition coefficient (Wildman–Crippen LogP) is 2.10. The molecule has 0 aliphatic carbocycles. The number of nitrogens with zero attached hydrogens (tertiary/aromatic N) is 2. The van der Waals surface area contributed by atoms with Crippen molar-refractivity contribution in [3.05, 3.63) is 58.1 Å². The lowest BCUT2D eigenvalue weighted by Gasteiger charge is -2.24. The summed E-state index contributed by atoms with van der Waals surface area (Å²) in [4.78, 5) is 26.5. The van der Waals surface area contributed by atoms with Gasteiger partial charge in [-0.3, -0.25) is 14.9 Å². The molecule has 8 heteroatoms. The number of nitrogens with one attached hydrogen (secondary N) is 2. The van der Waals surface area contributed by atoms with Gasteiger partial charge in [-0.1, -0.05) is 12.1 Å². The van der Waals surface area contributed by atoms with Gasteiger partial charge in [-0.2, -0.15) is 0 Å². The van der Waals surface area contributed by atoms with E-state index >= 15 is 0 Å². The van der Waals surface area contributed by atoms with Gasteiger partial charge in [0.05, 0.1) is 24.3 Å². The minimum Gasteiger partial charge on any atom is -0.495 e. The van der Waals surface area contributed by atoms with E-state index < -0.39 is 4.92 Å². The Bertz CT molecular complexity index is 852. The van der Waals surface area contributed by atoms with Crippen molar-refractivity contribution < 1.29 is 19.4 Å². The zero-order valence-corrected chi connectivity index (χ0v) is 17.6. The topological polar surface area (TPSA) is 89.2 Å². The van der Waals surface area contributed by atoms with E-state index in [0.29, 0.717) is 18.0 Å². The highest BCUT2D eigenvalue weighted by Crippen LogP contribution is 2.28. The number of ether oxygens (including phenoxy) is 1. The molecule has 1 unspecified atom stereocenters. The molecular formula is C21H29N4O4+. The van der Waals surface area contributed by atoms with Crippen molar-refractivity contribution in [3.63, 3.8) is 0 Å². The fraction of sp³-hybridized carbons (Fsp3) is 0.381. The van der Waals surface area contributed by atoms with Crippen LogP contribution >= 0.6 is 0 Å².